The monoisotopic (exact) mass is 409 g/mol. The lowest BCUT2D eigenvalue weighted by molar-refractivity contribution is 0.102. The molecule has 0 unspecified atom stereocenters. The van der Waals surface area contributed by atoms with E-state index < -0.39 is 21.7 Å². The molecule has 27 heavy (non-hydrogen) atoms. The van der Waals surface area contributed by atoms with Gasteiger partial charge in [0.05, 0.1) is 15.5 Å². The molecule has 0 atom stereocenters. The fraction of sp³-hybridized carbons (Fsp3) is 0.0588. The van der Waals surface area contributed by atoms with Crippen molar-refractivity contribution in [2.75, 3.05) is 5.32 Å². The molecular formula is C17H13ClFN3O4S. The smallest absolute Gasteiger partial charge is 0.261 e. The Kier molecular flexibility index (Phi) is 5.01. The summed E-state index contributed by atoms with van der Waals surface area (Å²) in [5.74, 6) is -1.19. The van der Waals surface area contributed by atoms with Crippen LogP contribution in [0, 0.1) is 12.7 Å². The van der Waals surface area contributed by atoms with Crippen molar-refractivity contribution in [3.05, 3.63) is 64.6 Å². The first-order chi connectivity index (χ1) is 12.7. The van der Waals surface area contributed by atoms with Crippen LogP contribution in [0.3, 0.4) is 0 Å². The van der Waals surface area contributed by atoms with E-state index in [9.17, 15) is 17.6 Å². The number of primary sulfonamides is 1. The van der Waals surface area contributed by atoms with Crippen LogP contribution in [0.2, 0.25) is 5.02 Å². The summed E-state index contributed by atoms with van der Waals surface area (Å²) in [7, 11) is -3.93. The number of halogens is 2. The van der Waals surface area contributed by atoms with E-state index in [-0.39, 0.29) is 38.2 Å². The van der Waals surface area contributed by atoms with Gasteiger partial charge in [0.25, 0.3) is 5.91 Å². The third-order valence-electron chi connectivity index (χ3n) is 3.71. The first-order valence-corrected chi connectivity index (χ1v) is 9.46. The fourth-order valence-electron chi connectivity index (χ4n) is 2.48. The van der Waals surface area contributed by atoms with Gasteiger partial charge in [-0.25, -0.2) is 17.9 Å². The van der Waals surface area contributed by atoms with E-state index in [2.05, 4.69) is 10.5 Å². The first-order valence-electron chi connectivity index (χ1n) is 7.53. The van der Waals surface area contributed by atoms with Crippen molar-refractivity contribution < 1.29 is 22.1 Å². The molecule has 10 heteroatoms. The number of sulfonamides is 1. The summed E-state index contributed by atoms with van der Waals surface area (Å²) < 4.78 is 42.2. The van der Waals surface area contributed by atoms with Crippen LogP contribution in [0.1, 0.15) is 16.1 Å². The summed E-state index contributed by atoms with van der Waals surface area (Å²) in [6.45, 7) is 1.49. The number of hydrogen-bond acceptors (Lipinski definition) is 5. The van der Waals surface area contributed by atoms with Gasteiger partial charge >= 0.3 is 0 Å². The zero-order chi connectivity index (χ0) is 19.8. The molecule has 0 aliphatic carbocycles. The Labute approximate surface area is 159 Å². The van der Waals surface area contributed by atoms with Gasteiger partial charge in [-0.2, -0.15) is 0 Å². The number of carbonyl (C=O) groups is 1. The number of nitrogens with zero attached hydrogens (tertiary/aromatic N) is 1. The Morgan fingerprint density at radius 2 is 1.96 bits per heavy atom. The minimum Gasteiger partial charge on any atom is -0.360 e. The van der Waals surface area contributed by atoms with E-state index >= 15 is 0 Å². The predicted octanol–water partition coefficient (Wildman–Crippen LogP) is 3.34. The molecule has 0 bridgehead atoms. The van der Waals surface area contributed by atoms with Crippen LogP contribution in [0.5, 0.6) is 0 Å². The molecule has 2 aromatic carbocycles. The molecule has 3 N–H and O–H groups in total. The fourth-order valence-corrected chi connectivity index (χ4v) is 3.29. The summed E-state index contributed by atoms with van der Waals surface area (Å²) in [6, 6.07) is 9.46. The van der Waals surface area contributed by atoms with Crippen LogP contribution in [0.15, 0.2) is 51.9 Å². The van der Waals surface area contributed by atoms with Gasteiger partial charge in [-0.1, -0.05) is 28.9 Å². The topological polar surface area (TPSA) is 115 Å². The lowest BCUT2D eigenvalue weighted by Crippen LogP contribution is -2.15. The molecule has 1 amide bonds. The highest BCUT2D eigenvalue weighted by atomic mass is 35.5. The van der Waals surface area contributed by atoms with Gasteiger partial charge in [-0.3, -0.25) is 4.79 Å². The van der Waals surface area contributed by atoms with E-state index in [4.69, 9.17) is 21.3 Å². The van der Waals surface area contributed by atoms with Crippen molar-refractivity contribution in [2.24, 2.45) is 5.14 Å². The number of aromatic nitrogens is 1. The zero-order valence-electron chi connectivity index (χ0n) is 13.9. The van der Waals surface area contributed by atoms with Crippen LogP contribution < -0.4 is 10.5 Å². The van der Waals surface area contributed by atoms with Gasteiger partial charge in [0.1, 0.15) is 22.8 Å². The second-order valence-corrected chi connectivity index (χ2v) is 7.55. The van der Waals surface area contributed by atoms with Crippen molar-refractivity contribution in [1.82, 2.24) is 5.16 Å². The van der Waals surface area contributed by atoms with Crippen molar-refractivity contribution in [2.45, 2.75) is 11.8 Å². The standard InChI is InChI=1S/C17H13ClFN3O4S/c1-9-14(16(22-26-9)15-12(18)6-3-7-13(15)19)17(23)21-10-4-2-5-11(8-10)27(20,24)25/h2-8H,1H3,(H,21,23)(H2,20,24,25). The minimum absolute atomic E-state index is 0.0250. The second kappa shape index (κ2) is 7.10. The summed E-state index contributed by atoms with van der Waals surface area (Å²) in [4.78, 5) is 12.5. The number of rotatable bonds is 4. The van der Waals surface area contributed by atoms with Gasteiger partial charge < -0.3 is 9.84 Å². The summed E-state index contributed by atoms with van der Waals surface area (Å²) >= 11 is 6.05. The molecule has 1 heterocycles. The highest BCUT2D eigenvalue weighted by Gasteiger charge is 2.25. The quantitative estimate of drug-likeness (QED) is 0.685. The molecule has 0 radical (unpaired) electrons. The first kappa shape index (κ1) is 19.0. The van der Waals surface area contributed by atoms with Gasteiger partial charge in [-0.15, -0.1) is 0 Å². The maximum atomic E-state index is 14.2. The van der Waals surface area contributed by atoms with E-state index in [1.807, 2.05) is 0 Å². The normalized spacial score (nSPS) is 11.4. The van der Waals surface area contributed by atoms with E-state index in [0.29, 0.717) is 0 Å². The van der Waals surface area contributed by atoms with Gasteiger partial charge in [0.15, 0.2) is 0 Å². The lowest BCUT2D eigenvalue weighted by atomic mass is 10.0. The van der Waals surface area contributed by atoms with Gasteiger partial charge in [-0.05, 0) is 37.3 Å². The predicted molar refractivity (Wildman–Crippen MR) is 97.4 cm³/mol. The maximum Gasteiger partial charge on any atom is 0.261 e. The molecule has 3 rings (SSSR count). The van der Waals surface area contributed by atoms with E-state index in [1.165, 1.54) is 49.4 Å². The number of hydrogen-bond donors (Lipinski definition) is 2. The molecule has 0 saturated heterocycles. The molecule has 0 fully saturated rings. The Morgan fingerprint density at radius 1 is 1.26 bits per heavy atom. The van der Waals surface area contributed by atoms with Crippen molar-refractivity contribution in [3.63, 3.8) is 0 Å². The number of anilines is 1. The van der Waals surface area contributed by atoms with Crippen LogP contribution in [-0.2, 0) is 10.0 Å². The number of benzene rings is 2. The van der Waals surface area contributed by atoms with Crippen LogP contribution in [-0.4, -0.2) is 19.5 Å². The lowest BCUT2D eigenvalue weighted by Gasteiger charge is -2.08. The molecule has 3 aromatic rings. The molecule has 1 aromatic heterocycles. The Balaban J connectivity index is 2.01. The average molecular weight is 410 g/mol. The largest absolute Gasteiger partial charge is 0.360 e. The highest BCUT2D eigenvalue weighted by Crippen LogP contribution is 2.33. The summed E-state index contributed by atoms with van der Waals surface area (Å²) in [5, 5.41) is 11.4. The minimum atomic E-state index is -3.93. The number of nitrogens with two attached hydrogens (primary N) is 1. The van der Waals surface area contributed by atoms with E-state index in [1.54, 1.807) is 0 Å². The summed E-state index contributed by atoms with van der Waals surface area (Å²) in [5.41, 5.74) is 0.0240. The number of aryl methyl sites for hydroxylation is 1. The molecule has 140 valence electrons. The second-order valence-electron chi connectivity index (χ2n) is 5.59. The van der Waals surface area contributed by atoms with Crippen LogP contribution in [0.4, 0.5) is 10.1 Å². The third kappa shape index (κ3) is 3.85. The summed E-state index contributed by atoms with van der Waals surface area (Å²) in [6.07, 6.45) is 0. The molecule has 0 aliphatic rings. The van der Waals surface area contributed by atoms with Crippen LogP contribution in [0.25, 0.3) is 11.3 Å². The molecule has 7 nitrogen and oxygen atoms in total. The Hall–Kier alpha value is -2.75. The highest BCUT2D eigenvalue weighted by molar-refractivity contribution is 7.89. The average Bonchev–Trinajstić information content (AvgIpc) is 2.95. The van der Waals surface area contributed by atoms with Gasteiger partial charge in [0, 0.05) is 5.69 Å². The maximum absolute atomic E-state index is 14.2. The number of carbonyl (C=O) groups excluding carboxylic acids is 1. The molecule has 0 spiro atoms. The third-order valence-corrected chi connectivity index (χ3v) is 4.94. The molecule has 0 saturated carbocycles. The Bertz CT molecular complexity index is 1120. The molecule has 0 aliphatic heterocycles. The van der Waals surface area contributed by atoms with Crippen molar-refractivity contribution in [3.8, 4) is 11.3 Å². The van der Waals surface area contributed by atoms with E-state index in [0.717, 1.165) is 0 Å². The van der Waals surface area contributed by atoms with Crippen molar-refractivity contribution in [1.29, 1.82) is 0 Å². The van der Waals surface area contributed by atoms with Gasteiger partial charge in [0.2, 0.25) is 10.0 Å². The molecular weight excluding hydrogens is 397 g/mol. The van der Waals surface area contributed by atoms with Crippen molar-refractivity contribution >= 4 is 33.2 Å². The Morgan fingerprint density at radius 3 is 2.63 bits per heavy atom. The number of amides is 1. The number of nitrogens with one attached hydrogen (secondary N) is 1. The zero-order valence-corrected chi connectivity index (χ0v) is 15.4. The van der Waals surface area contributed by atoms with Crippen LogP contribution >= 0.6 is 11.6 Å². The SMILES string of the molecule is Cc1onc(-c2c(F)cccc2Cl)c1C(=O)Nc1cccc(S(N)(=O)=O)c1.